The van der Waals surface area contributed by atoms with E-state index in [4.69, 9.17) is 4.74 Å². The first kappa shape index (κ1) is 21.0. The molecule has 2 aliphatic rings. The summed E-state index contributed by atoms with van der Waals surface area (Å²) in [6.45, 7) is 0.307. The fourth-order valence-electron chi connectivity index (χ4n) is 4.39. The molecule has 1 fully saturated rings. The van der Waals surface area contributed by atoms with Gasteiger partial charge in [-0.25, -0.2) is 0 Å². The number of nitrogens with zero attached hydrogens (tertiary/aromatic N) is 2. The zero-order valence-electron chi connectivity index (χ0n) is 17.9. The molecule has 168 valence electrons. The Morgan fingerprint density at radius 1 is 1.21 bits per heavy atom. The van der Waals surface area contributed by atoms with Crippen molar-refractivity contribution in [3.63, 3.8) is 0 Å². The van der Waals surface area contributed by atoms with Crippen LogP contribution in [0.1, 0.15) is 40.6 Å². The van der Waals surface area contributed by atoms with Crippen LogP contribution < -0.4 is 15.4 Å². The van der Waals surface area contributed by atoms with E-state index >= 15 is 0 Å². The zero-order chi connectivity index (χ0) is 23.1. The molecule has 1 aromatic heterocycles. The number of imide groups is 1. The number of carbonyl (C=O) groups excluding carboxylic acids is 3. The van der Waals surface area contributed by atoms with Crippen LogP contribution in [0.4, 0.5) is 5.69 Å². The topological polar surface area (TPSA) is 121 Å². The lowest BCUT2D eigenvalue weighted by Gasteiger charge is -2.31. The molecule has 9 heteroatoms. The number of piperidine rings is 1. The average molecular weight is 446 g/mol. The molecular formula is C24H22N4O5. The summed E-state index contributed by atoms with van der Waals surface area (Å²) in [4.78, 5) is 42.6. The second-order valence-electron chi connectivity index (χ2n) is 8.16. The van der Waals surface area contributed by atoms with Gasteiger partial charge >= 0.3 is 0 Å². The smallest absolute Gasteiger partial charge is 0.255 e. The van der Waals surface area contributed by atoms with Crippen molar-refractivity contribution in [2.24, 2.45) is 0 Å². The molecule has 33 heavy (non-hydrogen) atoms. The zero-order valence-corrected chi connectivity index (χ0v) is 17.9. The molecule has 0 spiro atoms. The number of hydrogen-bond acceptors (Lipinski definition) is 7. The van der Waals surface area contributed by atoms with E-state index in [1.54, 1.807) is 36.4 Å². The second kappa shape index (κ2) is 8.27. The number of rotatable bonds is 4. The van der Waals surface area contributed by atoms with E-state index in [0.717, 1.165) is 16.5 Å². The highest BCUT2D eigenvalue weighted by Gasteiger charge is 2.39. The van der Waals surface area contributed by atoms with E-state index < -0.39 is 18.2 Å². The van der Waals surface area contributed by atoms with Gasteiger partial charge < -0.3 is 15.2 Å². The maximum absolute atomic E-state index is 12.9. The van der Waals surface area contributed by atoms with Crippen LogP contribution in [0.15, 0.2) is 48.7 Å². The molecule has 3 N–H and O–H groups in total. The van der Waals surface area contributed by atoms with Crippen LogP contribution in [0.5, 0.6) is 5.75 Å². The summed E-state index contributed by atoms with van der Waals surface area (Å²) in [6.07, 6.45) is 1.20. The number of aliphatic hydroxyl groups is 1. The van der Waals surface area contributed by atoms with Crippen LogP contribution in [0.3, 0.4) is 0 Å². The minimum atomic E-state index is -0.972. The Hall–Kier alpha value is -3.82. The van der Waals surface area contributed by atoms with Gasteiger partial charge in [0.1, 0.15) is 12.0 Å². The highest BCUT2D eigenvalue weighted by atomic mass is 16.5. The van der Waals surface area contributed by atoms with Crippen LogP contribution in [-0.4, -0.2) is 45.9 Å². The minimum Gasteiger partial charge on any atom is -0.497 e. The summed E-state index contributed by atoms with van der Waals surface area (Å²) < 4.78 is 5.25. The lowest BCUT2D eigenvalue weighted by atomic mass is 10.0. The number of carbonyl (C=O) groups is 3. The van der Waals surface area contributed by atoms with Crippen LogP contribution in [-0.2, 0) is 16.1 Å². The van der Waals surface area contributed by atoms with Crippen LogP contribution in [0, 0.1) is 0 Å². The number of aliphatic hydroxyl groups excluding tert-OH is 1. The Morgan fingerprint density at radius 3 is 2.85 bits per heavy atom. The molecule has 3 amide bonds. The van der Waals surface area contributed by atoms with Gasteiger partial charge in [0.05, 0.1) is 30.6 Å². The van der Waals surface area contributed by atoms with Crippen molar-refractivity contribution in [3.8, 4) is 5.75 Å². The van der Waals surface area contributed by atoms with Gasteiger partial charge in [-0.1, -0.05) is 6.07 Å². The van der Waals surface area contributed by atoms with Gasteiger partial charge in [0.25, 0.3) is 5.91 Å². The van der Waals surface area contributed by atoms with Crippen LogP contribution >= 0.6 is 0 Å². The van der Waals surface area contributed by atoms with E-state index in [0.29, 0.717) is 35.5 Å². The SMILES string of the molecule is COc1ccc2ncc(NC(=O)c3ccc4c(c3)CN(C3CCC(=O)NC3=O)C4O)cc2c1. The number of ether oxygens (including phenoxy) is 1. The summed E-state index contributed by atoms with van der Waals surface area (Å²) >= 11 is 0. The average Bonchev–Trinajstić information content (AvgIpc) is 3.14. The molecule has 0 saturated carbocycles. The molecule has 0 bridgehead atoms. The first-order valence-electron chi connectivity index (χ1n) is 10.6. The fraction of sp³-hybridized carbons (Fsp3) is 0.250. The number of anilines is 1. The van der Waals surface area contributed by atoms with Crippen LogP contribution in [0.2, 0.25) is 0 Å². The quantitative estimate of drug-likeness (QED) is 0.525. The van der Waals surface area contributed by atoms with E-state index in [1.165, 1.54) is 0 Å². The highest BCUT2D eigenvalue weighted by Crippen LogP contribution is 2.35. The van der Waals surface area contributed by atoms with Gasteiger partial charge in [-0.05, 0) is 53.9 Å². The number of methoxy groups -OCH3 is 1. The standard InChI is InChI=1S/C24H22N4O5/c1-33-17-3-5-19-14(10-17)9-16(11-25-19)26-22(30)13-2-4-18-15(8-13)12-28(24(18)32)20-6-7-21(29)27-23(20)31/h2-5,8-11,20,24,32H,6-7,12H2,1H3,(H,26,30)(H,27,29,31). The molecule has 2 unspecified atom stereocenters. The summed E-state index contributed by atoms with van der Waals surface area (Å²) in [6, 6.07) is 11.8. The lowest BCUT2D eigenvalue weighted by Crippen LogP contribution is -2.51. The molecular weight excluding hydrogens is 424 g/mol. The first-order valence-corrected chi connectivity index (χ1v) is 10.6. The third-order valence-electron chi connectivity index (χ3n) is 6.11. The molecule has 9 nitrogen and oxygen atoms in total. The van der Waals surface area contributed by atoms with E-state index in [-0.39, 0.29) is 18.2 Å². The maximum atomic E-state index is 12.9. The lowest BCUT2D eigenvalue weighted by molar-refractivity contribution is -0.141. The third kappa shape index (κ3) is 3.92. The Bertz CT molecular complexity index is 1290. The van der Waals surface area contributed by atoms with Crippen molar-refractivity contribution in [1.29, 1.82) is 0 Å². The Morgan fingerprint density at radius 2 is 2.06 bits per heavy atom. The van der Waals surface area contributed by atoms with Gasteiger partial charge in [-0.2, -0.15) is 0 Å². The van der Waals surface area contributed by atoms with Crippen molar-refractivity contribution in [2.75, 3.05) is 12.4 Å². The van der Waals surface area contributed by atoms with Crippen LogP contribution in [0.25, 0.3) is 10.9 Å². The van der Waals surface area contributed by atoms with Gasteiger partial charge in [-0.3, -0.25) is 29.6 Å². The summed E-state index contributed by atoms with van der Waals surface area (Å²) in [7, 11) is 1.59. The summed E-state index contributed by atoms with van der Waals surface area (Å²) in [5.74, 6) is -0.319. The normalized spacial score (nSPS) is 20.4. The molecule has 0 radical (unpaired) electrons. The summed E-state index contributed by atoms with van der Waals surface area (Å²) in [5.41, 5.74) is 3.18. The monoisotopic (exact) mass is 446 g/mol. The van der Waals surface area contributed by atoms with Crippen molar-refractivity contribution >= 4 is 34.3 Å². The van der Waals surface area contributed by atoms with Gasteiger partial charge in [-0.15, -0.1) is 0 Å². The third-order valence-corrected chi connectivity index (χ3v) is 6.11. The number of amides is 3. The molecule has 3 heterocycles. The van der Waals surface area contributed by atoms with Gasteiger partial charge in [0.2, 0.25) is 11.8 Å². The van der Waals surface area contributed by atoms with E-state index in [2.05, 4.69) is 15.6 Å². The highest BCUT2D eigenvalue weighted by molar-refractivity contribution is 6.05. The summed E-state index contributed by atoms with van der Waals surface area (Å²) in [5, 5.41) is 16.7. The molecule has 2 aliphatic heterocycles. The Balaban J connectivity index is 1.34. The van der Waals surface area contributed by atoms with E-state index in [1.807, 2.05) is 24.3 Å². The minimum absolute atomic E-state index is 0.231. The number of benzene rings is 2. The van der Waals surface area contributed by atoms with Crippen molar-refractivity contribution < 1.29 is 24.2 Å². The second-order valence-corrected chi connectivity index (χ2v) is 8.16. The number of nitrogens with one attached hydrogen (secondary N) is 2. The van der Waals surface area contributed by atoms with E-state index in [9.17, 15) is 19.5 Å². The molecule has 2 atom stereocenters. The number of pyridine rings is 1. The Kier molecular flexibility index (Phi) is 5.27. The maximum Gasteiger partial charge on any atom is 0.255 e. The van der Waals surface area contributed by atoms with Crippen molar-refractivity contribution in [3.05, 3.63) is 65.4 Å². The molecule has 5 rings (SSSR count). The molecule has 3 aromatic rings. The van der Waals surface area contributed by atoms with Gasteiger partial charge in [0, 0.05) is 23.9 Å². The number of aromatic nitrogens is 1. The van der Waals surface area contributed by atoms with Crippen molar-refractivity contribution in [2.45, 2.75) is 31.7 Å². The predicted octanol–water partition coefficient (Wildman–Crippen LogP) is 2.11. The molecule has 2 aromatic carbocycles. The Labute approximate surface area is 189 Å². The predicted molar refractivity (Wildman–Crippen MR) is 119 cm³/mol. The molecule has 1 saturated heterocycles. The number of hydrogen-bond donors (Lipinski definition) is 3. The first-order chi connectivity index (χ1) is 15.9. The molecule has 0 aliphatic carbocycles. The van der Waals surface area contributed by atoms with Crippen molar-refractivity contribution in [1.82, 2.24) is 15.2 Å². The fourth-order valence-corrected chi connectivity index (χ4v) is 4.39. The van der Waals surface area contributed by atoms with Gasteiger partial charge in [0.15, 0.2) is 0 Å². The number of fused-ring (bicyclic) bond motifs is 2. The largest absolute Gasteiger partial charge is 0.497 e.